The third-order valence-electron chi connectivity index (χ3n) is 6.43. The summed E-state index contributed by atoms with van der Waals surface area (Å²) >= 11 is 0. The number of hydrogen-bond donors (Lipinski definition) is 1. The summed E-state index contributed by atoms with van der Waals surface area (Å²) in [5.74, 6) is -0.288. The Balaban J connectivity index is 1.63. The average Bonchev–Trinajstić information content (AvgIpc) is 2.79. The van der Waals surface area contributed by atoms with E-state index >= 15 is 0 Å². The molecule has 6 heteroatoms. The molecule has 0 bridgehead atoms. The van der Waals surface area contributed by atoms with Gasteiger partial charge in [-0.1, -0.05) is 72.3 Å². The third-order valence-corrected chi connectivity index (χ3v) is 8.53. The summed E-state index contributed by atoms with van der Waals surface area (Å²) in [4.78, 5) is 13.5. The Morgan fingerprint density at radius 1 is 0.971 bits per heavy atom. The second-order valence-electron chi connectivity index (χ2n) is 9.20. The highest BCUT2D eigenvalue weighted by molar-refractivity contribution is 7.89. The molecule has 0 fully saturated rings. The Labute approximate surface area is 202 Å². The molecule has 1 atom stereocenters. The Morgan fingerprint density at radius 3 is 2.32 bits per heavy atom. The Hall–Kier alpha value is -2.96. The fraction of sp³-hybridized carbons (Fsp3) is 0.321. The van der Waals surface area contributed by atoms with Crippen LogP contribution in [-0.4, -0.2) is 25.2 Å². The Morgan fingerprint density at radius 2 is 1.62 bits per heavy atom. The van der Waals surface area contributed by atoms with E-state index in [2.05, 4.69) is 17.4 Å². The van der Waals surface area contributed by atoms with E-state index in [1.807, 2.05) is 75.4 Å². The van der Waals surface area contributed by atoms with Gasteiger partial charge < -0.3 is 5.32 Å². The molecule has 3 aromatic rings. The molecular weight excluding hydrogens is 444 g/mol. The minimum Gasteiger partial charge on any atom is -0.348 e. The number of hydrogen-bond acceptors (Lipinski definition) is 3. The first-order valence-corrected chi connectivity index (χ1v) is 13.2. The van der Waals surface area contributed by atoms with Crippen LogP contribution in [0.25, 0.3) is 0 Å². The quantitative estimate of drug-likeness (QED) is 0.522. The van der Waals surface area contributed by atoms with Gasteiger partial charge in [0, 0.05) is 6.54 Å². The topological polar surface area (TPSA) is 66.5 Å². The second-order valence-corrected chi connectivity index (χ2v) is 11.1. The van der Waals surface area contributed by atoms with E-state index in [9.17, 15) is 13.2 Å². The van der Waals surface area contributed by atoms with E-state index in [0.29, 0.717) is 11.1 Å². The van der Waals surface area contributed by atoms with Crippen LogP contribution in [0.1, 0.15) is 52.3 Å². The molecule has 5 nitrogen and oxygen atoms in total. The number of benzene rings is 3. The largest absolute Gasteiger partial charge is 0.348 e. The van der Waals surface area contributed by atoms with E-state index in [0.717, 1.165) is 36.0 Å². The maximum atomic E-state index is 13.9. The molecule has 1 amide bonds. The van der Waals surface area contributed by atoms with Gasteiger partial charge in [0.1, 0.15) is 0 Å². The molecule has 1 aliphatic rings. The van der Waals surface area contributed by atoms with E-state index < -0.39 is 10.0 Å². The van der Waals surface area contributed by atoms with E-state index in [1.165, 1.54) is 9.87 Å². The molecule has 34 heavy (non-hydrogen) atoms. The summed E-state index contributed by atoms with van der Waals surface area (Å²) in [6, 6.07) is 21.2. The van der Waals surface area contributed by atoms with E-state index in [1.54, 1.807) is 0 Å². The van der Waals surface area contributed by atoms with Crippen molar-refractivity contribution in [3.05, 3.63) is 100 Å². The molecule has 0 heterocycles. The molecule has 0 radical (unpaired) electrons. The van der Waals surface area contributed by atoms with Crippen molar-refractivity contribution < 1.29 is 13.2 Å². The summed E-state index contributed by atoms with van der Waals surface area (Å²) in [6.07, 6.45) is 2.85. The molecule has 0 saturated heterocycles. The van der Waals surface area contributed by atoms with Crippen molar-refractivity contribution in [3.63, 3.8) is 0 Å². The lowest BCUT2D eigenvalue weighted by Gasteiger charge is -2.28. The molecule has 0 aromatic heterocycles. The average molecular weight is 477 g/mol. The monoisotopic (exact) mass is 476 g/mol. The fourth-order valence-electron chi connectivity index (χ4n) is 5.02. The van der Waals surface area contributed by atoms with Crippen LogP contribution in [-0.2, 0) is 27.8 Å². The van der Waals surface area contributed by atoms with Crippen molar-refractivity contribution in [1.29, 1.82) is 0 Å². The number of nitrogens with zero attached hydrogens (tertiary/aromatic N) is 1. The molecule has 0 saturated carbocycles. The number of carbonyl (C=O) groups excluding carboxylic acids is 1. The van der Waals surface area contributed by atoms with Crippen molar-refractivity contribution >= 4 is 15.9 Å². The minimum absolute atomic E-state index is 0.0958. The SMILES string of the molecule is Cc1cc(C)c(S(=O)(=O)N(CC(=O)N[C@H]2CCCc3ccccc32)Cc2ccccc2)c(C)c1. The number of sulfonamides is 1. The number of rotatable bonds is 7. The van der Waals surface area contributed by atoms with Gasteiger partial charge in [0.25, 0.3) is 0 Å². The fourth-order valence-corrected chi connectivity index (χ4v) is 6.82. The highest BCUT2D eigenvalue weighted by Crippen LogP contribution is 2.30. The number of fused-ring (bicyclic) bond motifs is 1. The number of aryl methyl sites for hydroxylation is 4. The molecule has 0 unspecified atom stereocenters. The van der Waals surface area contributed by atoms with E-state index in [4.69, 9.17) is 0 Å². The summed E-state index contributed by atoms with van der Waals surface area (Å²) < 4.78 is 29.0. The second kappa shape index (κ2) is 10.1. The van der Waals surface area contributed by atoms with Crippen molar-refractivity contribution in [2.45, 2.75) is 57.5 Å². The summed E-state index contributed by atoms with van der Waals surface area (Å²) in [6.45, 7) is 5.47. The van der Waals surface area contributed by atoms with Gasteiger partial charge in [-0.2, -0.15) is 4.31 Å². The van der Waals surface area contributed by atoms with Crippen molar-refractivity contribution in [1.82, 2.24) is 9.62 Å². The predicted octanol–water partition coefficient (Wildman–Crippen LogP) is 5.00. The van der Waals surface area contributed by atoms with Crippen LogP contribution in [0, 0.1) is 20.8 Å². The van der Waals surface area contributed by atoms with Gasteiger partial charge in [-0.05, 0) is 67.9 Å². The first-order chi connectivity index (χ1) is 16.3. The van der Waals surface area contributed by atoms with Crippen molar-refractivity contribution in [3.8, 4) is 0 Å². The van der Waals surface area contributed by atoms with E-state index in [-0.39, 0.29) is 29.9 Å². The molecule has 1 N–H and O–H groups in total. The lowest BCUT2D eigenvalue weighted by Crippen LogP contribution is -2.42. The third kappa shape index (κ3) is 5.24. The first-order valence-electron chi connectivity index (χ1n) is 11.7. The highest BCUT2D eigenvalue weighted by atomic mass is 32.2. The molecule has 0 spiro atoms. The van der Waals surface area contributed by atoms with Crippen LogP contribution in [0.4, 0.5) is 0 Å². The molecule has 1 aliphatic carbocycles. The lowest BCUT2D eigenvalue weighted by molar-refractivity contribution is -0.122. The van der Waals surface area contributed by atoms with Gasteiger partial charge in [0.2, 0.25) is 15.9 Å². The molecule has 178 valence electrons. The summed E-state index contributed by atoms with van der Waals surface area (Å²) in [7, 11) is -3.90. The maximum Gasteiger partial charge on any atom is 0.244 e. The summed E-state index contributed by atoms with van der Waals surface area (Å²) in [5.41, 5.74) is 5.61. The maximum absolute atomic E-state index is 13.9. The van der Waals surface area contributed by atoms with Crippen LogP contribution in [0.15, 0.2) is 71.6 Å². The van der Waals surface area contributed by atoms with Gasteiger partial charge in [0.05, 0.1) is 17.5 Å². The smallest absolute Gasteiger partial charge is 0.244 e. The van der Waals surface area contributed by atoms with Gasteiger partial charge in [0.15, 0.2) is 0 Å². The van der Waals surface area contributed by atoms with Crippen LogP contribution >= 0.6 is 0 Å². The minimum atomic E-state index is -3.90. The van der Waals surface area contributed by atoms with Gasteiger partial charge in [-0.25, -0.2) is 8.42 Å². The predicted molar refractivity (Wildman–Crippen MR) is 135 cm³/mol. The zero-order chi connectivity index (χ0) is 24.3. The van der Waals surface area contributed by atoms with Gasteiger partial charge in [-0.3, -0.25) is 4.79 Å². The Kier molecular flexibility index (Phi) is 7.19. The first kappa shape index (κ1) is 24.2. The Bertz CT molecular complexity index is 1260. The molecule has 3 aromatic carbocycles. The van der Waals surface area contributed by atoms with Crippen LogP contribution in [0.3, 0.4) is 0 Å². The number of amides is 1. The van der Waals surface area contributed by atoms with Crippen LogP contribution in [0.5, 0.6) is 0 Å². The van der Waals surface area contributed by atoms with Crippen molar-refractivity contribution in [2.75, 3.05) is 6.54 Å². The highest BCUT2D eigenvalue weighted by Gasteiger charge is 2.31. The summed E-state index contributed by atoms with van der Waals surface area (Å²) in [5, 5.41) is 3.11. The zero-order valence-electron chi connectivity index (χ0n) is 20.0. The van der Waals surface area contributed by atoms with Gasteiger partial charge >= 0.3 is 0 Å². The molecule has 0 aliphatic heterocycles. The molecular formula is C28H32N2O3S. The van der Waals surface area contributed by atoms with Crippen molar-refractivity contribution in [2.24, 2.45) is 0 Å². The standard InChI is InChI=1S/C28H32N2O3S/c1-20-16-21(2)28(22(3)17-20)34(32,33)30(18-23-10-5-4-6-11-23)19-27(31)29-26-15-9-13-24-12-7-8-14-25(24)26/h4-8,10-12,14,16-17,26H,9,13,15,18-19H2,1-3H3,(H,29,31)/t26-/m0/s1. The molecule has 4 rings (SSSR count). The van der Waals surface area contributed by atoms with Gasteiger partial charge in [-0.15, -0.1) is 0 Å². The number of carbonyl (C=O) groups is 1. The zero-order valence-corrected chi connectivity index (χ0v) is 20.9. The normalized spacial score (nSPS) is 15.7. The number of nitrogens with one attached hydrogen (secondary N) is 1. The van der Waals surface area contributed by atoms with Crippen LogP contribution in [0.2, 0.25) is 0 Å². The lowest BCUT2D eigenvalue weighted by atomic mass is 9.88. The van der Waals surface area contributed by atoms with Crippen LogP contribution < -0.4 is 5.32 Å².